The molecule has 2 rings (SSSR count). The van der Waals surface area contributed by atoms with Crippen LogP contribution < -0.4 is 4.74 Å². The fraction of sp³-hybridized carbons (Fsp3) is 0.520. The Kier molecular flexibility index (Phi) is 10.7. The second-order valence-corrected chi connectivity index (χ2v) is 8.24. The molecule has 0 saturated carbocycles. The van der Waals surface area contributed by atoms with E-state index in [4.69, 9.17) is 25.8 Å². The second-order valence-electron chi connectivity index (χ2n) is 7.83. The van der Waals surface area contributed by atoms with Crippen LogP contribution >= 0.6 is 11.6 Å². The molecule has 0 N–H and O–H groups in total. The Hall–Kier alpha value is -2.34. The summed E-state index contributed by atoms with van der Waals surface area (Å²) in [6.07, 6.45) is 8.97. The van der Waals surface area contributed by atoms with Gasteiger partial charge in [0.2, 0.25) is 23.1 Å². The standard InChI is InChI=1S/C25H32ClFO5/c1-17-19(23(29)25(31-3)24(30-2)22(17)28)12-10-8-6-4-5-7-9-11-15-32-18-13-14-21(27)20(26)16-18/h13-14,16H,4-12,15H2,1-3H3. The van der Waals surface area contributed by atoms with Crippen LogP contribution in [0, 0.1) is 5.82 Å². The van der Waals surface area contributed by atoms with Crippen LogP contribution in [0.5, 0.6) is 5.75 Å². The summed E-state index contributed by atoms with van der Waals surface area (Å²) < 4.78 is 28.9. The monoisotopic (exact) mass is 466 g/mol. The summed E-state index contributed by atoms with van der Waals surface area (Å²) in [6, 6.07) is 4.38. The zero-order valence-corrected chi connectivity index (χ0v) is 19.9. The van der Waals surface area contributed by atoms with Crippen LogP contribution in [-0.4, -0.2) is 32.4 Å². The van der Waals surface area contributed by atoms with Gasteiger partial charge in [-0.2, -0.15) is 0 Å². The van der Waals surface area contributed by atoms with E-state index in [0.717, 1.165) is 51.4 Å². The maximum absolute atomic E-state index is 13.1. The molecule has 1 aliphatic carbocycles. The molecule has 0 atom stereocenters. The van der Waals surface area contributed by atoms with E-state index in [1.807, 2.05) is 0 Å². The van der Waals surface area contributed by atoms with Crippen molar-refractivity contribution >= 4 is 23.2 Å². The number of ketones is 2. The van der Waals surface area contributed by atoms with Crippen molar-refractivity contribution in [3.05, 3.63) is 51.7 Å². The minimum atomic E-state index is -0.443. The number of rotatable bonds is 14. The average molecular weight is 467 g/mol. The fourth-order valence-electron chi connectivity index (χ4n) is 3.71. The zero-order chi connectivity index (χ0) is 23.5. The van der Waals surface area contributed by atoms with Gasteiger partial charge in [0.25, 0.3) is 0 Å². The highest BCUT2D eigenvalue weighted by atomic mass is 35.5. The van der Waals surface area contributed by atoms with Gasteiger partial charge in [-0.05, 0) is 38.3 Å². The molecule has 7 heteroatoms. The van der Waals surface area contributed by atoms with Gasteiger partial charge in [0, 0.05) is 17.2 Å². The average Bonchev–Trinajstić information content (AvgIpc) is 2.78. The van der Waals surface area contributed by atoms with Gasteiger partial charge < -0.3 is 14.2 Å². The molecule has 176 valence electrons. The topological polar surface area (TPSA) is 61.8 Å². The van der Waals surface area contributed by atoms with Gasteiger partial charge in [-0.25, -0.2) is 4.39 Å². The predicted molar refractivity (Wildman–Crippen MR) is 122 cm³/mol. The summed E-state index contributed by atoms with van der Waals surface area (Å²) in [5.41, 5.74) is 0.993. The third-order valence-corrected chi connectivity index (χ3v) is 5.86. The molecule has 1 aliphatic rings. The van der Waals surface area contributed by atoms with Crippen molar-refractivity contribution in [2.45, 2.75) is 64.7 Å². The third-order valence-electron chi connectivity index (χ3n) is 5.58. The first-order chi connectivity index (χ1) is 15.4. The number of carbonyl (C=O) groups excluding carboxylic acids is 2. The number of benzene rings is 1. The number of carbonyl (C=O) groups is 2. The van der Waals surface area contributed by atoms with Crippen LogP contribution in [0.4, 0.5) is 4.39 Å². The van der Waals surface area contributed by atoms with Crippen molar-refractivity contribution in [1.82, 2.24) is 0 Å². The van der Waals surface area contributed by atoms with E-state index in [2.05, 4.69) is 0 Å². The Balaban J connectivity index is 1.56. The van der Waals surface area contributed by atoms with Gasteiger partial charge in [0.05, 0.1) is 25.8 Å². The highest BCUT2D eigenvalue weighted by molar-refractivity contribution is 6.30. The third kappa shape index (κ3) is 7.09. The van der Waals surface area contributed by atoms with Crippen LogP contribution in [0.3, 0.4) is 0 Å². The molecule has 0 aromatic heterocycles. The van der Waals surface area contributed by atoms with Crippen molar-refractivity contribution < 1.29 is 28.2 Å². The molecule has 0 heterocycles. The van der Waals surface area contributed by atoms with Crippen molar-refractivity contribution in [3.8, 4) is 5.75 Å². The highest BCUT2D eigenvalue weighted by Crippen LogP contribution is 2.29. The summed E-state index contributed by atoms with van der Waals surface area (Å²) in [5.74, 6) is -0.375. The molecule has 0 spiro atoms. The molecule has 0 aliphatic heterocycles. The summed E-state index contributed by atoms with van der Waals surface area (Å²) in [6.45, 7) is 2.27. The molecule has 0 unspecified atom stereocenters. The lowest BCUT2D eigenvalue weighted by Crippen LogP contribution is -2.25. The molecule has 5 nitrogen and oxygen atoms in total. The van der Waals surface area contributed by atoms with Gasteiger partial charge in [-0.1, -0.05) is 50.1 Å². The quantitative estimate of drug-likeness (QED) is 0.236. The van der Waals surface area contributed by atoms with Gasteiger partial charge in [0.1, 0.15) is 11.6 Å². The number of methoxy groups -OCH3 is 2. The van der Waals surface area contributed by atoms with Gasteiger partial charge >= 0.3 is 0 Å². The smallest absolute Gasteiger partial charge is 0.228 e. The number of unbranched alkanes of at least 4 members (excludes halogenated alkanes) is 7. The molecule has 32 heavy (non-hydrogen) atoms. The molecular formula is C25H32ClFO5. The van der Waals surface area contributed by atoms with E-state index >= 15 is 0 Å². The number of ether oxygens (including phenoxy) is 3. The predicted octanol–water partition coefficient (Wildman–Crippen LogP) is 6.34. The van der Waals surface area contributed by atoms with Crippen LogP contribution in [0.25, 0.3) is 0 Å². The molecule has 1 aromatic rings. The van der Waals surface area contributed by atoms with Crippen molar-refractivity contribution in [1.29, 1.82) is 0 Å². The SMILES string of the molecule is COC1=C(OC)C(=O)C(CCCCCCCCCCOc2ccc(F)c(Cl)c2)=C(C)C1=O. The second kappa shape index (κ2) is 13.3. The highest BCUT2D eigenvalue weighted by Gasteiger charge is 2.34. The lowest BCUT2D eigenvalue weighted by Gasteiger charge is -2.20. The Morgan fingerprint density at radius 2 is 1.41 bits per heavy atom. The molecule has 0 radical (unpaired) electrons. The van der Waals surface area contributed by atoms with Gasteiger partial charge in [-0.3, -0.25) is 9.59 Å². The van der Waals surface area contributed by atoms with E-state index < -0.39 is 5.82 Å². The number of allylic oxidation sites excluding steroid dienone is 2. The molecule has 1 aromatic carbocycles. The number of hydrogen-bond acceptors (Lipinski definition) is 5. The van der Waals surface area contributed by atoms with Crippen LogP contribution in [0.1, 0.15) is 64.7 Å². The van der Waals surface area contributed by atoms with Crippen LogP contribution in [0.2, 0.25) is 5.02 Å². The van der Waals surface area contributed by atoms with E-state index in [0.29, 0.717) is 29.9 Å². The molecule has 0 fully saturated rings. The van der Waals surface area contributed by atoms with Crippen molar-refractivity contribution in [2.75, 3.05) is 20.8 Å². The van der Waals surface area contributed by atoms with Crippen LogP contribution in [0.15, 0.2) is 40.9 Å². The lowest BCUT2D eigenvalue weighted by molar-refractivity contribution is -0.121. The molecule has 0 saturated heterocycles. The first-order valence-electron chi connectivity index (χ1n) is 11.1. The first-order valence-corrected chi connectivity index (χ1v) is 11.5. The summed E-state index contributed by atoms with van der Waals surface area (Å²) >= 11 is 5.74. The Morgan fingerprint density at radius 3 is 2.00 bits per heavy atom. The minimum absolute atomic E-state index is 0.00426. The van der Waals surface area contributed by atoms with E-state index in [1.54, 1.807) is 13.0 Å². The maximum Gasteiger partial charge on any atom is 0.228 e. The fourth-order valence-corrected chi connectivity index (χ4v) is 3.88. The van der Waals surface area contributed by atoms with E-state index in [1.165, 1.54) is 26.4 Å². The zero-order valence-electron chi connectivity index (χ0n) is 19.1. The number of hydrogen-bond donors (Lipinski definition) is 0. The minimum Gasteiger partial charge on any atom is -0.494 e. The van der Waals surface area contributed by atoms with E-state index in [-0.39, 0.29) is 28.1 Å². The summed E-state index contributed by atoms with van der Waals surface area (Å²) in [7, 11) is 2.74. The molecule has 0 amide bonds. The van der Waals surface area contributed by atoms with Crippen molar-refractivity contribution in [2.24, 2.45) is 0 Å². The maximum atomic E-state index is 13.1. The Bertz CT molecular complexity index is 875. The summed E-state index contributed by atoms with van der Waals surface area (Å²) in [5, 5.41) is 0.0729. The van der Waals surface area contributed by atoms with Crippen molar-refractivity contribution in [3.63, 3.8) is 0 Å². The number of Topliss-reactive ketones (excluding diaryl/α,β-unsaturated/α-hetero) is 2. The lowest BCUT2D eigenvalue weighted by atomic mass is 9.89. The molecular weight excluding hydrogens is 435 g/mol. The van der Waals surface area contributed by atoms with Gasteiger partial charge in [-0.15, -0.1) is 0 Å². The molecule has 0 bridgehead atoms. The van der Waals surface area contributed by atoms with Gasteiger partial charge in [0.15, 0.2) is 0 Å². The largest absolute Gasteiger partial charge is 0.494 e. The normalized spacial score (nSPS) is 14.3. The Labute approximate surface area is 194 Å². The summed E-state index contributed by atoms with van der Waals surface area (Å²) in [4.78, 5) is 25.0. The van der Waals surface area contributed by atoms with E-state index in [9.17, 15) is 14.0 Å². The number of halogens is 2. The van der Waals surface area contributed by atoms with Crippen LogP contribution in [-0.2, 0) is 19.1 Å². The Morgan fingerprint density at radius 1 is 0.844 bits per heavy atom. The first kappa shape index (κ1) is 25.9.